The summed E-state index contributed by atoms with van der Waals surface area (Å²) in [4.78, 5) is 33.6. The third kappa shape index (κ3) is 4.39. The van der Waals surface area contributed by atoms with Crippen LogP contribution in [0.5, 0.6) is 0 Å². The predicted octanol–water partition coefficient (Wildman–Crippen LogP) is 1.54. The highest BCUT2D eigenvalue weighted by Crippen LogP contribution is 2.09. The average Bonchev–Trinajstić information content (AvgIpc) is 2.37. The van der Waals surface area contributed by atoms with Crippen molar-refractivity contribution in [2.75, 3.05) is 7.11 Å². The van der Waals surface area contributed by atoms with Crippen LogP contribution in [0, 0.1) is 0 Å². The zero-order chi connectivity index (χ0) is 14.4. The van der Waals surface area contributed by atoms with E-state index in [1.54, 1.807) is 24.3 Å². The molecule has 0 atom stereocenters. The Balaban J connectivity index is 3.03. The Morgan fingerprint density at radius 3 is 2.11 bits per heavy atom. The minimum atomic E-state index is -0.633. The van der Waals surface area contributed by atoms with Crippen molar-refractivity contribution in [2.24, 2.45) is 0 Å². The number of ketones is 1. The van der Waals surface area contributed by atoms with Crippen molar-refractivity contribution < 1.29 is 19.1 Å². The van der Waals surface area contributed by atoms with Gasteiger partial charge in [-0.15, -0.1) is 0 Å². The summed E-state index contributed by atoms with van der Waals surface area (Å²) in [5, 5.41) is 2.40. The molecule has 0 saturated heterocycles. The lowest BCUT2D eigenvalue weighted by molar-refractivity contribution is -0.137. The Morgan fingerprint density at radius 1 is 1.11 bits per heavy atom. The van der Waals surface area contributed by atoms with Crippen molar-refractivity contribution in [3.63, 3.8) is 0 Å². The first-order valence-corrected chi connectivity index (χ1v) is 5.62. The van der Waals surface area contributed by atoms with Crippen molar-refractivity contribution in [2.45, 2.75) is 13.8 Å². The lowest BCUT2D eigenvalue weighted by atomic mass is 10.1. The van der Waals surface area contributed by atoms with Crippen LogP contribution in [0.1, 0.15) is 29.8 Å². The fourth-order valence-corrected chi connectivity index (χ4v) is 1.43. The highest BCUT2D eigenvalue weighted by Gasteiger charge is 2.11. The number of hydrogen-bond acceptors (Lipinski definition) is 4. The summed E-state index contributed by atoms with van der Waals surface area (Å²) in [6, 6.07) is 6.66. The molecule has 19 heavy (non-hydrogen) atoms. The molecule has 100 valence electrons. The maximum Gasteiger partial charge on any atom is 0.354 e. The molecule has 0 aromatic heterocycles. The van der Waals surface area contributed by atoms with Crippen molar-refractivity contribution in [3.05, 3.63) is 41.1 Å². The van der Waals surface area contributed by atoms with Crippen LogP contribution in [-0.4, -0.2) is 24.8 Å². The second kappa shape index (κ2) is 6.49. The quantitative estimate of drug-likeness (QED) is 0.507. The summed E-state index contributed by atoms with van der Waals surface area (Å²) in [5.41, 5.74) is 1.31. The third-order valence-electron chi connectivity index (χ3n) is 2.34. The van der Waals surface area contributed by atoms with Crippen molar-refractivity contribution in [1.29, 1.82) is 0 Å². The van der Waals surface area contributed by atoms with Gasteiger partial charge in [0.1, 0.15) is 5.70 Å². The maximum atomic E-state index is 11.5. The van der Waals surface area contributed by atoms with E-state index in [1.165, 1.54) is 27.0 Å². The van der Waals surface area contributed by atoms with Crippen molar-refractivity contribution in [3.8, 4) is 0 Å². The van der Waals surface area contributed by atoms with Crippen LogP contribution >= 0.6 is 0 Å². The molecule has 0 saturated carbocycles. The fraction of sp³-hybridized carbons (Fsp3) is 0.214. The molecule has 0 fully saturated rings. The lowest BCUT2D eigenvalue weighted by Gasteiger charge is -2.06. The lowest BCUT2D eigenvalue weighted by Crippen LogP contribution is -2.25. The summed E-state index contributed by atoms with van der Waals surface area (Å²) in [7, 11) is 1.23. The van der Waals surface area contributed by atoms with Gasteiger partial charge in [0.15, 0.2) is 5.78 Å². The van der Waals surface area contributed by atoms with E-state index >= 15 is 0 Å². The van der Waals surface area contributed by atoms with Gasteiger partial charge in [-0.05, 0) is 18.6 Å². The monoisotopic (exact) mass is 261 g/mol. The van der Waals surface area contributed by atoms with E-state index in [0.29, 0.717) is 11.1 Å². The Kier molecular flexibility index (Phi) is 5.00. The Hall–Kier alpha value is -2.43. The number of hydrogen-bond donors (Lipinski definition) is 1. The van der Waals surface area contributed by atoms with Gasteiger partial charge in [0.05, 0.1) is 7.11 Å². The molecule has 0 unspecified atom stereocenters. The maximum absolute atomic E-state index is 11.5. The molecule has 0 aliphatic heterocycles. The first kappa shape index (κ1) is 14.6. The molecule has 0 bridgehead atoms. The van der Waals surface area contributed by atoms with Gasteiger partial charge in [-0.2, -0.15) is 0 Å². The van der Waals surface area contributed by atoms with Crippen LogP contribution in [-0.2, 0) is 14.3 Å². The van der Waals surface area contributed by atoms with Gasteiger partial charge in [-0.3, -0.25) is 9.59 Å². The number of methoxy groups -OCH3 is 1. The molecule has 0 radical (unpaired) electrons. The van der Waals surface area contributed by atoms with Crippen LogP contribution < -0.4 is 5.32 Å². The second-order valence-electron chi connectivity index (χ2n) is 3.91. The van der Waals surface area contributed by atoms with Gasteiger partial charge >= 0.3 is 5.97 Å². The van der Waals surface area contributed by atoms with Crippen molar-refractivity contribution >= 4 is 23.7 Å². The molecular weight excluding hydrogens is 246 g/mol. The molecule has 1 rings (SSSR count). The smallest absolute Gasteiger partial charge is 0.354 e. The van der Waals surface area contributed by atoms with Crippen LogP contribution in [0.15, 0.2) is 30.0 Å². The van der Waals surface area contributed by atoms with Crippen LogP contribution in [0.25, 0.3) is 6.08 Å². The summed E-state index contributed by atoms with van der Waals surface area (Å²) in [6.07, 6.45) is 1.48. The number of Topliss-reactive ketones (excluding diaryl/α,β-unsaturated/α-hetero) is 1. The van der Waals surface area contributed by atoms with Gasteiger partial charge in [-0.1, -0.05) is 24.3 Å². The van der Waals surface area contributed by atoms with E-state index in [1.807, 2.05) is 0 Å². The number of nitrogens with one attached hydrogen (secondary N) is 1. The molecule has 1 aromatic carbocycles. The van der Waals surface area contributed by atoms with E-state index in [4.69, 9.17) is 0 Å². The van der Waals surface area contributed by atoms with Gasteiger partial charge < -0.3 is 10.1 Å². The van der Waals surface area contributed by atoms with Gasteiger partial charge in [0.25, 0.3) is 0 Å². The number of ether oxygens (including phenoxy) is 1. The minimum Gasteiger partial charge on any atom is -0.464 e. The zero-order valence-corrected chi connectivity index (χ0v) is 11.0. The molecule has 1 amide bonds. The Bertz CT molecular complexity index is 529. The number of amides is 1. The molecule has 1 aromatic rings. The minimum absolute atomic E-state index is 0.0365. The highest BCUT2D eigenvalue weighted by molar-refractivity contribution is 5.98. The number of benzene rings is 1. The summed E-state index contributed by atoms with van der Waals surface area (Å²) >= 11 is 0. The third-order valence-corrected chi connectivity index (χ3v) is 2.34. The fourth-order valence-electron chi connectivity index (χ4n) is 1.43. The van der Waals surface area contributed by atoms with Gasteiger partial charge in [0, 0.05) is 12.5 Å². The predicted molar refractivity (Wildman–Crippen MR) is 70.3 cm³/mol. The molecule has 5 nitrogen and oxygen atoms in total. The number of carbonyl (C=O) groups excluding carboxylic acids is 3. The Morgan fingerprint density at radius 2 is 1.68 bits per heavy atom. The zero-order valence-electron chi connectivity index (χ0n) is 11.0. The first-order chi connectivity index (χ1) is 8.93. The summed E-state index contributed by atoms with van der Waals surface area (Å²) < 4.78 is 4.57. The molecule has 0 aliphatic carbocycles. The number of esters is 1. The molecule has 5 heteroatoms. The van der Waals surface area contributed by atoms with E-state index in [2.05, 4.69) is 10.1 Å². The number of carbonyl (C=O) groups is 3. The summed E-state index contributed by atoms with van der Waals surface area (Å²) in [5.74, 6) is -1.03. The van der Waals surface area contributed by atoms with Gasteiger partial charge in [0.2, 0.25) is 5.91 Å². The second-order valence-corrected chi connectivity index (χ2v) is 3.91. The molecule has 0 heterocycles. The van der Waals surface area contributed by atoms with Crippen LogP contribution in [0.3, 0.4) is 0 Å². The molecule has 0 spiro atoms. The van der Waals surface area contributed by atoms with Crippen LogP contribution in [0.2, 0.25) is 0 Å². The highest BCUT2D eigenvalue weighted by atomic mass is 16.5. The number of rotatable bonds is 4. The summed E-state index contributed by atoms with van der Waals surface area (Å²) in [6.45, 7) is 2.78. The first-order valence-electron chi connectivity index (χ1n) is 5.62. The normalized spacial score (nSPS) is 10.8. The Labute approximate surface area is 111 Å². The van der Waals surface area contributed by atoms with E-state index in [9.17, 15) is 14.4 Å². The topological polar surface area (TPSA) is 72.5 Å². The van der Waals surface area contributed by atoms with Gasteiger partial charge in [-0.25, -0.2) is 4.79 Å². The SMILES string of the molecule is COC(=O)C(=Cc1ccc(C(C)=O)cc1)NC(C)=O. The van der Waals surface area contributed by atoms with Crippen LogP contribution in [0.4, 0.5) is 0 Å². The molecular formula is C14H15NO4. The van der Waals surface area contributed by atoms with Crippen molar-refractivity contribution in [1.82, 2.24) is 5.32 Å². The van der Waals surface area contributed by atoms with E-state index in [-0.39, 0.29) is 17.4 Å². The largest absolute Gasteiger partial charge is 0.464 e. The molecule has 1 N–H and O–H groups in total. The molecule has 0 aliphatic rings. The average molecular weight is 261 g/mol. The van der Waals surface area contributed by atoms with E-state index < -0.39 is 5.97 Å². The van der Waals surface area contributed by atoms with E-state index in [0.717, 1.165) is 0 Å². The standard InChI is InChI=1S/C14H15NO4/c1-9(16)12-6-4-11(5-7-12)8-13(14(18)19-3)15-10(2)17/h4-8H,1-3H3,(H,15,17).